The third-order valence-corrected chi connectivity index (χ3v) is 7.66. The highest BCUT2D eigenvalue weighted by Gasteiger charge is 2.54. The number of aromatic nitrogens is 1. The van der Waals surface area contributed by atoms with Gasteiger partial charge in [-0.25, -0.2) is 13.2 Å². The van der Waals surface area contributed by atoms with E-state index in [9.17, 15) is 28.2 Å². The molecule has 34 heavy (non-hydrogen) atoms. The smallest absolute Gasteiger partial charge is 0.312 e. The molecular weight excluding hydrogens is 447 g/mol. The zero-order valence-corrected chi connectivity index (χ0v) is 19.0. The monoisotopic (exact) mass is 473 g/mol. The molecule has 1 aliphatic carbocycles. The molecule has 0 atom stereocenters. The van der Waals surface area contributed by atoms with Crippen LogP contribution in [0, 0.1) is 17.0 Å². The first-order valence-corrected chi connectivity index (χ1v) is 11.3. The molecule has 0 saturated heterocycles. The van der Waals surface area contributed by atoms with Gasteiger partial charge in [0, 0.05) is 33.8 Å². The van der Waals surface area contributed by atoms with Gasteiger partial charge in [-0.05, 0) is 49.9 Å². The van der Waals surface area contributed by atoms with Gasteiger partial charge in [0.2, 0.25) is 0 Å². The molecule has 0 amide bonds. The highest BCUT2D eigenvalue weighted by Crippen LogP contribution is 2.57. The number of halogens is 3. The van der Waals surface area contributed by atoms with Gasteiger partial charge in [-0.1, -0.05) is 19.9 Å². The number of benzene rings is 2. The predicted molar refractivity (Wildman–Crippen MR) is 120 cm³/mol. The number of aromatic hydroxyl groups is 1. The van der Waals surface area contributed by atoms with Crippen molar-refractivity contribution in [3.8, 4) is 11.4 Å². The van der Waals surface area contributed by atoms with Crippen LogP contribution in [0.1, 0.15) is 50.8 Å². The van der Waals surface area contributed by atoms with Crippen molar-refractivity contribution in [1.82, 2.24) is 4.57 Å². The predicted octanol–water partition coefficient (Wildman–Crippen LogP) is 5.73. The molecule has 1 aliphatic heterocycles. The molecule has 3 aromatic rings. The molecular formula is C26H26F3NO4. The minimum Gasteiger partial charge on any atom is -0.507 e. The van der Waals surface area contributed by atoms with E-state index in [-0.39, 0.29) is 38.0 Å². The standard InChI is InChI=1S/C26H26F3NO4/c1-24(2)14-34-26(10-8-25(13-27,9-11-26)23(32)33)21-20-18(4-3-5-19(20)31)30(22(21)24)15-6-7-16(28)17(29)12-15/h3-7,12,31H,8-11,13-14H2,1-2H3,(H,32,33). The molecule has 8 heteroatoms. The lowest BCUT2D eigenvalue weighted by Gasteiger charge is -2.49. The lowest BCUT2D eigenvalue weighted by atomic mass is 9.64. The number of aliphatic carboxylic acids is 1. The van der Waals surface area contributed by atoms with E-state index in [1.807, 2.05) is 18.4 Å². The average Bonchev–Trinajstić information content (AvgIpc) is 3.18. The molecule has 1 aromatic heterocycles. The van der Waals surface area contributed by atoms with Crippen LogP contribution in [0.3, 0.4) is 0 Å². The first kappa shape index (κ1) is 22.8. The number of rotatable bonds is 3. The highest BCUT2D eigenvalue weighted by atomic mass is 19.2. The number of ether oxygens (including phenoxy) is 1. The number of fused-ring (bicyclic) bond motifs is 4. The third kappa shape index (κ3) is 3.07. The van der Waals surface area contributed by atoms with Crippen molar-refractivity contribution >= 4 is 16.9 Å². The van der Waals surface area contributed by atoms with E-state index in [2.05, 4.69) is 0 Å². The summed E-state index contributed by atoms with van der Waals surface area (Å²) in [5.41, 5.74) is -0.459. The van der Waals surface area contributed by atoms with Crippen LogP contribution in [0.25, 0.3) is 16.6 Å². The molecule has 180 valence electrons. The van der Waals surface area contributed by atoms with E-state index >= 15 is 0 Å². The van der Waals surface area contributed by atoms with Crippen LogP contribution in [0.2, 0.25) is 0 Å². The summed E-state index contributed by atoms with van der Waals surface area (Å²) in [5, 5.41) is 21.2. The van der Waals surface area contributed by atoms with Gasteiger partial charge in [0.25, 0.3) is 0 Å². The molecule has 2 N–H and O–H groups in total. The Morgan fingerprint density at radius 2 is 1.79 bits per heavy atom. The van der Waals surface area contributed by atoms with Gasteiger partial charge in [0.15, 0.2) is 11.6 Å². The molecule has 1 spiro atoms. The summed E-state index contributed by atoms with van der Waals surface area (Å²) in [6.45, 7) is 3.27. The van der Waals surface area contributed by atoms with Crippen LogP contribution >= 0.6 is 0 Å². The topological polar surface area (TPSA) is 71.7 Å². The molecule has 5 nitrogen and oxygen atoms in total. The molecule has 2 aliphatic rings. The van der Waals surface area contributed by atoms with Gasteiger partial charge in [-0.3, -0.25) is 4.79 Å². The maximum atomic E-state index is 14.3. The number of carbonyl (C=O) groups is 1. The first-order chi connectivity index (χ1) is 16.1. The fourth-order valence-corrected chi connectivity index (χ4v) is 5.69. The molecule has 5 rings (SSSR count). The molecule has 1 saturated carbocycles. The maximum Gasteiger partial charge on any atom is 0.312 e. The summed E-state index contributed by atoms with van der Waals surface area (Å²) in [6, 6.07) is 8.71. The van der Waals surface area contributed by atoms with E-state index in [0.29, 0.717) is 22.2 Å². The summed E-state index contributed by atoms with van der Waals surface area (Å²) in [6.07, 6.45) is 0.698. The second-order valence-electron chi connectivity index (χ2n) is 10.2. The van der Waals surface area contributed by atoms with E-state index in [1.165, 1.54) is 6.07 Å². The average molecular weight is 473 g/mol. The van der Waals surface area contributed by atoms with Crippen molar-refractivity contribution in [1.29, 1.82) is 0 Å². The quantitative estimate of drug-likeness (QED) is 0.510. The van der Waals surface area contributed by atoms with Crippen LogP contribution in [-0.2, 0) is 20.5 Å². The summed E-state index contributed by atoms with van der Waals surface area (Å²) >= 11 is 0. The van der Waals surface area contributed by atoms with Crippen molar-refractivity contribution in [3.05, 3.63) is 59.3 Å². The Labute approximate surface area is 194 Å². The van der Waals surface area contributed by atoms with Crippen molar-refractivity contribution in [2.24, 2.45) is 5.41 Å². The van der Waals surface area contributed by atoms with Crippen LogP contribution in [0.4, 0.5) is 13.2 Å². The molecule has 0 unspecified atom stereocenters. The number of carboxylic acid groups (broad SMARTS) is 1. The first-order valence-electron chi connectivity index (χ1n) is 11.3. The van der Waals surface area contributed by atoms with Gasteiger partial charge >= 0.3 is 5.97 Å². The second kappa shape index (κ2) is 7.50. The Morgan fingerprint density at radius 3 is 2.41 bits per heavy atom. The summed E-state index contributed by atoms with van der Waals surface area (Å²) in [7, 11) is 0. The molecule has 2 aromatic carbocycles. The Kier molecular flexibility index (Phi) is 5.02. The number of phenolic OH excluding ortho intramolecular Hbond substituents is 1. The van der Waals surface area contributed by atoms with Gasteiger partial charge in [-0.2, -0.15) is 0 Å². The largest absolute Gasteiger partial charge is 0.507 e. The summed E-state index contributed by atoms with van der Waals surface area (Å²) in [5.74, 6) is -3.09. The van der Waals surface area contributed by atoms with Crippen LogP contribution in [0.15, 0.2) is 36.4 Å². The Morgan fingerprint density at radius 1 is 1.09 bits per heavy atom. The summed E-state index contributed by atoms with van der Waals surface area (Å²) in [4.78, 5) is 11.9. The van der Waals surface area contributed by atoms with Crippen molar-refractivity contribution in [2.75, 3.05) is 13.3 Å². The second-order valence-corrected chi connectivity index (χ2v) is 10.2. The number of carboxylic acids is 1. The Balaban J connectivity index is 1.80. The van der Waals surface area contributed by atoms with Gasteiger partial charge in [0.05, 0.1) is 23.1 Å². The minimum atomic E-state index is -1.46. The van der Waals surface area contributed by atoms with E-state index in [1.54, 1.807) is 18.2 Å². The fourth-order valence-electron chi connectivity index (χ4n) is 5.69. The number of nitrogens with zero attached hydrogens (tertiary/aromatic N) is 1. The van der Waals surface area contributed by atoms with Crippen LogP contribution in [0.5, 0.6) is 5.75 Å². The number of phenols is 1. The van der Waals surface area contributed by atoms with Gasteiger partial charge < -0.3 is 19.5 Å². The van der Waals surface area contributed by atoms with Crippen LogP contribution in [-0.4, -0.2) is 34.0 Å². The van der Waals surface area contributed by atoms with Crippen molar-refractivity contribution in [3.63, 3.8) is 0 Å². The van der Waals surface area contributed by atoms with E-state index in [4.69, 9.17) is 4.74 Å². The van der Waals surface area contributed by atoms with Crippen molar-refractivity contribution < 1.29 is 32.9 Å². The molecule has 0 radical (unpaired) electrons. The maximum absolute atomic E-state index is 14.3. The minimum absolute atomic E-state index is 0.0105. The molecule has 0 bridgehead atoms. The zero-order valence-electron chi connectivity index (χ0n) is 19.0. The SMILES string of the molecule is CC1(C)COC2(CCC(CF)(C(=O)O)CC2)c2c1n(-c1ccc(F)c(F)c1)c1cccc(O)c21. The number of hydrogen-bond acceptors (Lipinski definition) is 3. The summed E-state index contributed by atoms with van der Waals surface area (Å²) < 4.78 is 50.1. The lowest BCUT2D eigenvalue weighted by Crippen LogP contribution is -2.49. The third-order valence-electron chi connectivity index (χ3n) is 7.66. The van der Waals surface area contributed by atoms with E-state index in [0.717, 1.165) is 17.8 Å². The number of hydrogen-bond donors (Lipinski definition) is 2. The highest BCUT2D eigenvalue weighted by molar-refractivity contribution is 5.94. The number of alkyl halides is 1. The fraction of sp³-hybridized carbons (Fsp3) is 0.423. The lowest BCUT2D eigenvalue weighted by molar-refractivity contribution is -0.163. The Bertz CT molecular complexity index is 1310. The van der Waals surface area contributed by atoms with Crippen molar-refractivity contribution in [2.45, 2.75) is 50.5 Å². The molecule has 2 heterocycles. The normalized spacial score (nSPS) is 26.0. The van der Waals surface area contributed by atoms with Crippen LogP contribution < -0.4 is 0 Å². The van der Waals surface area contributed by atoms with Gasteiger partial charge in [0.1, 0.15) is 12.4 Å². The molecule has 1 fully saturated rings. The van der Waals surface area contributed by atoms with E-state index < -0.39 is 40.7 Å². The zero-order chi connectivity index (χ0) is 24.5. The van der Waals surface area contributed by atoms with Gasteiger partial charge in [-0.15, -0.1) is 0 Å². The Hall–Kier alpha value is -3.00.